The molecule has 0 bridgehead atoms. The van der Waals surface area contributed by atoms with Gasteiger partial charge >= 0.3 is 10.1 Å². The highest BCUT2D eigenvalue weighted by atomic mass is 32.2. The minimum atomic E-state index is -4.87. The monoisotopic (exact) mass is 241 g/mol. The molecule has 1 aromatic heterocycles. The molecule has 0 saturated heterocycles. The number of aromatic nitrogens is 3. The molecule has 0 spiro atoms. The molecule has 0 unspecified atom stereocenters. The second kappa shape index (κ2) is 3.20. The summed E-state index contributed by atoms with van der Waals surface area (Å²) in [5.74, 6) is 0. The first kappa shape index (κ1) is 10.9. The van der Waals surface area contributed by atoms with Gasteiger partial charge in [0.25, 0.3) is 10.1 Å². The topological polar surface area (TPSA) is 147 Å². The highest BCUT2D eigenvalue weighted by Crippen LogP contribution is 2.14. The number of rotatable bonds is 2. The van der Waals surface area contributed by atoms with E-state index in [-0.39, 0.29) is 0 Å². The lowest BCUT2D eigenvalue weighted by Crippen LogP contribution is -2.12. The SMILES string of the molecule is O=S(=O)(O)c1cnnnc1S(=O)(=O)O. The van der Waals surface area contributed by atoms with E-state index in [4.69, 9.17) is 9.11 Å². The zero-order chi connectivity index (χ0) is 11.0. The molecule has 1 heterocycles. The van der Waals surface area contributed by atoms with E-state index in [1.165, 1.54) is 0 Å². The largest absolute Gasteiger partial charge is 0.315 e. The van der Waals surface area contributed by atoms with Crippen LogP contribution in [0.4, 0.5) is 0 Å². The molecular weight excluding hydrogens is 238 g/mol. The minimum absolute atomic E-state index is 0.450. The van der Waals surface area contributed by atoms with Crippen molar-refractivity contribution >= 4 is 20.2 Å². The van der Waals surface area contributed by atoms with Gasteiger partial charge in [0, 0.05) is 0 Å². The van der Waals surface area contributed by atoms with Crippen molar-refractivity contribution in [3.63, 3.8) is 0 Å². The summed E-state index contributed by atoms with van der Waals surface area (Å²) in [7, 11) is -9.69. The molecule has 0 fully saturated rings. The Kier molecular flexibility index (Phi) is 2.49. The van der Waals surface area contributed by atoms with E-state index in [1.54, 1.807) is 0 Å². The van der Waals surface area contributed by atoms with E-state index in [1.807, 2.05) is 0 Å². The van der Waals surface area contributed by atoms with Gasteiger partial charge in [0.1, 0.15) is 0 Å². The first-order chi connectivity index (χ1) is 6.23. The highest BCUT2D eigenvalue weighted by Gasteiger charge is 2.26. The molecule has 0 atom stereocenters. The average Bonchev–Trinajstić information content (AvgIpc) is 2.01. The minimum Gasteiger partial charge on any atom is -0.282 e. The lowest BCUT2D eigenvalue weighted by molar-refractivity contribution is 0.456. The smallest absolute Gasteiger partial charge is 0.282 e. The van der Waals surface area contributed by atoms with Crippen LogP contribution in [0.5, 0.6) is 0 Å². The molecule has 0 radical (unpaired) electrons. The quantitative estimate of drug-likeness (QED) is 0.581. The van der Waals surface area contributed by atoms with Gasteiger partial charge in [-0.2, -0.15) is 16.8 Å². The lowest BCUT2D eigenvalue weighted by Gasteiger charge is -1.99. The van der Waals surface area contributed by atoms with Crippen LogP contribution in [0.15, 0.2) is 16.1 Å². The second-order valence-electron chi connectivity index (χ2n) is 2.05. The Bertz CT molecular complexity index is 496. The summed E-state index contributed by atoms with van der Waals surface area (Å²) in [6.07, 6.45) is 0.450. The van der Waals surface area contributed by atoms with Crippen molar-refractivity contribution < 1.29 is 25.9 Å². The maximum absolute atomic E-state index is 10.6. The first-order valence-electron chi connectivity index (χ1n) is 2.86. The maximum Gasteiger partial charge on any atom is 0.315 e. The molecule has 0 aliphatic heterocycles. The van der Waals surface area contributed by atoms with Crippen LogP contribution >= 0.6 is 0 Å². The van der Waals surface area contributed by atoms with Crippen molar-refractivity contribution in [2.24, 2.45) is 0 Å². The Balaban J connectivity index is 3.64. The van der Waals surface area contributed by atoms with Gasteiger partial charge in [0.05, 0.1) is 6.20 Å². The van der Waals surface area contributed by atoms with Gasteiger partial charge in [-0.1, -0.05) is 0 Å². The van der Waals surface area contributed by atoms with Crippen LogP contribution in [0.3, 0.4) is 0 Å². The molecule has 0 amide bonds. The Hall–Kier alpha value is -1.17. The predicted octanol–water partition coefficient (Wildman–Crippen LogP) is -1.63. The second-order valence-corrected chi connectivity index (χ2v) is 4.78. The van der Waals surface area contributed by atoms with Crippen LogP contribution in [-0.4, -0.2) is 41.4 Å². The fourth-order valence-corrected chi connectivity index (χ4v) is 2.13. The van der Waals surface area contributed by atoms with E-state index < -0.39 is 30.2 Å². The third-order valence-corrected chi connectivity index (χ3v) is 2.87. The molecule has 78 valence electrons. The average molecular weight is 241 g/mol. The normalized spacial score (nSPS) is 12.7. The van der Waals surface area contributed by atoms with Gasteiger partial charge in [-0.25, -0.2) is 0 Å². The van der Waals surface area contributed by atoms with Gasteiger partial charge in [0.15, 0.2) is 4.90 Å². The fourth-order valence-electron chi connectivity index (χ4n) is 0.605. The summed E-state index contributed by atoms with van der Waals surface area (Å²) >= 11 is 0. The molecule has 14 heavy (non-hydrogen) atoms. The van der Waals surface area contributed by atoms with E-state index >= 15 is 0 Å². The first-order valence-corrected chi connectivity index (χ1v) is 5.74. The Morgan fingerprint density at radius 2 is 1.64 bits per heavy atom. The summed E-state index contributed by atoms with van der Waals surface area (Å²) in [5.41, 5.74) is 0. The van der Waals surface area contributed by atoms with E-state index in [2.05, 4.69) is 15.4 Å². The van der Waals surface area contributed by atoms with Crippen LogP contribution < -0.4 is 0 Å². The number of nitrogens with zero attached hydrogens (tertiary/aromatic N) is 3. The van der Waals surface area contributed by atoms with E-state index in [9.17, 15) is 16.8 Å². The third-order valence-electron chi connectivity index (χ3n) is 1.10. The summed E-state index contributed by atoms with van der Waals surface area (Å²) in [4.78, 5) is -1.13. The van der Waals surface area contributed by atoms with Crippen LogP contribution in [0.25, 0.3) is 0 Å². The van der Waals surface area contributed by atoms with Gasteiger partial charge < -0.3 is 0 Å². The Morgan fingerprint density at radius 1 is 1.07 bits per heavy atom. The molecule has 9 nitrogen and oxygen atoms in total. The molecule has 0 saturated carbocycles. The Morgan fingerprint density at radius 3 is 2.00 bits per heavy atom. The van der Waals surface area contributed by atoms with Crippen LogP contribution in [0.2, 0.25) is 0 Å². The van der Waals surface area contributed by atoms with Crippen molar-refractivity contribution in [3.05, 3.63) is 6.20 Å². The van der Waals surface area contributed by atoms with Gasteiger partial charge in [0.2, 0.25) is 5.03 Å². The predicted molar refractivity (Wildman–Crippen MR) is 39.5 cm³/mol. The van der Waals surface area contributed by atoms with Gasteiger partial charge in [-0.3, -0.25) is 9.11 Å². The van der Waals surface area contributed by atoms with Crippen LogP contribution in [-0.2, 0) is 20.2 Å². The lowest BCUT2D eigenvalue weighted by atomic mass is 10.7. The Labute approximate surface area is 78.3 Å². The summed E-state index contributed by atoms with van der Waals surface area (Å²) < 4.78 is 59.3. The van der Waals surface area contributed by atoms with Gasteiger partial charge in [-0.05, 0) is 5.21 Å². The van der Waals surface area contributed by atoms with Crippen molar-refractivity contribution in [3.8, 4) is 0 Å². The molecule has 1 aromatic rings. The van der Waals surface area contributed by atoms with Gasteiger partial charge in [-0.15, -0.1) is 10.2 Å². The molecule has 0 aliphatic rings. The molecule has 0 aliphatic carbocycles. The molecule has 0 aromatic carbocycles. The molecule has 1 rings (SSSR count). The zero-order valence-corrected chi connectivity index (χ0v) is 7.90. The van der Waals surface area contributed by atoms with Crippen LogP contribution in [0, 0.1) is 0 Å². The highest BCUT2D eigenvalue weighted by molar-refractivity contribution is 7.89. The van der Waals surface area contributed by atoms with E-state index in [0.29, 0.717) is 6.20 Å². The molecule has 11 heteroatoms. The van der Waals surface area contributed by atoms with E-state index in [0.717, 1.165) is 0 Å². The van der Waals surface area contributed by atoms with Crippen LogP contribution in [0.1, 0.15) is 0 Å². The van der Waals surface area contributed by atoms with Crippen molar-refractivity contribution in [1.82, 2.24) is 15.4 Å². The van der Waals surface area contributed by atoms with Crippen molar-refractivity contribution in [2.45, 2.75) is 9.92 Å². The van der Waals surface area contributed by atoms with Crippen molar-refractivity contribution in [2.75, 3.05) is 0 Å². The fraction of sp³-hybridized carbons (Fsp3) is 0. The number of hydrogen-bond donors (Lipinski definition) is 2. The number of hydrogen-bond acceptors (Lipinski definition) is 7. The zero-order valence-electron chi connectivity index (χ0n) is 6.26. The van der Waals surface area contributed by atoms with Crippen molar-refractivity contribution in [1.29, 1.82) is 0 Å². The summed E-state index contributed by atoms with van der Waals surface area (Å²) in [6, 6.07) is 0. The maximum atomic E-state index is 10.6. The standard InChI is InChI=1S/C3H3N3O6S2/c7-13(8,9)2-1-4-6-5-3(2)14(10,11)12/h1H,(H,7,8,9)(H,10,11,12). The molecule has 2 N–H and O–H groups in total. The summed E-state index contributed by atoms with van der Waals surface area (Å²) in [5, 5.41) is 7.27. The molecular formula is C3H3N3O6S2. The summed E-state index contributed by atoms with van der Waals surface area (Å²) in [6.45, 7) is 0. The third kappa shape index (κ3) is 2.20.